The topological polar surface area (TPSA) is 55.9 Å². The van der Waals surface area contributed by atoms with E-state index in [0.717, 1.165) is 18.4 Å². The Morgan fingerprint density at radius 3 is 2.08 bits per heavy atom. The summed E-state index contributed by atoms with van der Waals surface area (Å²) in [5.74, 6) is 0. The number of ether oxygens (including phenoxy) is 1. The molecule has 4 nitrogen and oxygen atoms in total. The first-order valence-electron chi connectivity index (χ1n) is 10.1. The zero-order valence-electron chi connectivity index (χ0n) is 16.3. The smallest absolute Gasteiger partial charge is 0.297 e. The van der Waals surface area contributed by atoms with Crippen LogP contribution in [0.2, 0.25) is 0 Å². The Morgan fingerprint density at radius 2 is 1.46 bits per heavy atom. The van der Waals surface area contributed by atoms with Crippen LogP contribution >= 0.6 is 0 Å². The van der Waals surface area contributed by atoms with E-state index in [1.54, 1.807) is 24.3 Å². The van der Waals surface area contributed by atoms with Crippen LogP contribution in [-0.4, -0.2) is 27.2 Å². The molecule has 0 radical (unpaired) electrons. The molecule has 2 atom stereocenters. The molecule has 0 amide bonds. The van der Waals surface area contributed by atoms with Crippen molar-refractivity contribution in [2.45, 2.75) is 95.2 Å². The van der Waals surface area contributed by atoms with Gasteiger partial charge in [0.05, 0.1) is 17.6 Å². The maximum Gasteiger partial charge on any atom is 0.297 e. The Kier molecular flexibility index (Phi) is 9.09. The van der Waals surface area contributed by atoms with Gasteiger partial charge in [0.15, 0.2) is 0 Å². The van der Waals surface area contributed by atoms with E-state index in [1.807, 2.05) is 6.92 Å². The molecule has 0 saturated carbocycles. The number of hydrogen-bond acceptors (Lipinski definition) is 4. The van der Waals surface area contributed by atoms with E-state index in [2.05, 4.69) is 6.92 Å². The van der Waals surface area contributed by atoms with Crippen molar-refractivity contribution in [2.24, 2.45) is 0 Å². The number of benzene rings is 1. The molecule has 1 aromatic rings. The molecule has 0 spiro atoms. The third-order valence-electron chi connectivity index (χ3n) is 4.98. The molecule has 0 aliphatic carbocycles. The summed E-state index contributed by atoms with van der Waals surface area (Å²) < 4.78 is 35.0. The van der Waals surface area contributed by atoms with Crippen molar-refractivity contribution in [3.63, 3.8) is 0 Å². The van der Waals surface area contributed by atoms with Gasteiger partial charge in [-0.2, -0.15) is 8.42 Å². The maximum absolute atomic E-state index is 12.1. The summed E-state index contributed by atoms with van der Waals surface area (Å²) in [5.41, 5.74) is 1.02. The maximum atomic E-state index is 12.1. The fourth-order valence-corrected chi connectivity index (χ4v) is 4.08. The molecule has 1 heterocycles. The van der Waals surface area contributed by atoms with Gasteiger partial charge < -0.3 is 4.74 Å². The highest BCUT2D eigenvalue weighted by Crippen LogP contribution is 2.29. The van der Waals surface area contributed by atoms with Crippen LogP contribution in [0.4, 0.5) is 0 Å². The molecule has 148 valence electrons. The summed E-state index contributed by atoms with van der Waals surface area (Å²) in [6.45, 7) is 4.29. The molecule has 0 bridgehead atoms. The number of rotatable bonds is 14. The number of aryl methyl sites for hydroxylation is 1. The molecule has 1 aliphatic rings. The second-order valence-electron chi connectivity index (χ2n) is 7.38. The quantitative estimate of drug-likeness (QED) is 0.246. The van der Waals surface area contributed by atoms with Gasteiger partial charge in [0.2, 0.25) is 0 Å². The first-order valence-corrected chi connectivity index (χ1v) is 11.6. The molecule has 1 saturated heterocycles. The molecule has 0 aromatic heterocycles. The van der Waals surface area contributed by atoms with Gasteiger partial charge in [0.25, 0.3) is 10.1 Å². The van der Waals surface area contributed by atoms with Crippen LogP contribution in [-0.2, 0) is 19.0 Å². The van der Waals surface area contributed by atoms with Gasteiger partial charge in [0, 0.05) is 0 Å². The zero-order valence-corrected chi connectivity index (χ0v) is 17.1. The summed E-state index contributed by atoms with van der Waals surface area (Å²) in [7, 11) is -3.68. The highest BCUT2D eigenvalue weighted by Gasteiger charge is 2.39. The minimum atomic E-state index is -3.68. The molecular formula is C21H34O4S. The molecular weight excluding hydrogens is 348 g/mol. The molecule has 2 unspecified atom stereocenters. The summed E-state index contributed by atoms with van der Waals surface area (Å²) in [6.07, 6.45) is 12.9. The van der Waals surface area contributed by atoms with E-state index < -0.39 is 10.1 Å². The van der Waals surface area contributed by atoms with Crippen LogP contribution in [0.5, 0.6) is 0 Å². The number of epoxide rings is 1. The highest BCUT2D eigenvalue weighted by atomic mass is 32.2. The Morgan fingerprint density at radius 1 is 0.885 bits per heavy atom. The molecule has 26 heavy (non-hydrogen) atoms. The lowest BCUT2D eigenvalue weighted by Crippen LogP contribution is -2.12. The minimum absolute atomic E-state index is 0.0655. The summed E-state index contributed by atoms with van der Waals surface area (Å²) in [5, 5.41) is 0. The second-order valence-corrected chi connectivity index (χ2v) is 9.00. The highest BCUT2D eigenvalue weighted by molar-refractivity contribution is 7.86. The Bertz CT molecular complexity index is 609. The van der Waals surface area contributed by atoms with Crippen LogP contribution in [0, 0.1) is 6.92 Å². The first-order chi connectivity index (χ1) is 12.5. The molecule has 0 N–H and O–H groups in total. The third kappa shape index (κ3) is 7.77. The van der Waals surface area contributed by atoms with Gasteiger partial charge in [-0.05, 0) is 25.5 Å². The molecule has 5 heteroatoms. The number of hydrogen-bond donors (Lipinski definition) is 0. The lowest BCUT2D eigenvalue weighted by atomic mass is 10.1. The van der Waals surface area contributed by atoms with Crippen LogP contribution < -0.4 is 0 Å². The second kappa shape index (κ2) is 11.1. The Labute approximate surface area is 159 Å². The van der Waals surface area contributed by atoms with Gasteiger partial charge in [-0.15, -0.1) is 0 Å². The van der Waals surface area contributed by atoms with Crippen LogP contribution in [0.15, 0.2) is 29.2 Å². The van der Waals surface area contributed by atoms with E-state index in [1.165, 1.54) is 51.4 Å². The monoisotopic (exact) mass is 382 g/mol. The standard InChI is InChI=1S/C21H34O4S/c1-3-4-5-6-7-8-9-10-11-12-20-21(25-20)17-24-26(22,23)19-15-13-18(2)14-16-19/h13-16,20-21H,3-12,17H2,1-2H3. The SMILES string of the molecule is CCCCCCCCCCCC1OC1COS(=O)(=O)c1ccc(C)cc1. The van der Waals surface area contributed by atoms with Gasteiger partial charge >= 0.3 is 0 Å². The van der Waals surface area contributed by atoms with Crippen LogP contribution in [0.3, 0.4) is 0 Å². The predicted molar refractivity (Wildman–Crippen MR) is 105 cm³/mol. The molecule has 1 aromatic carbocycles. The van der Waals surface area contributed by atoms with E-state index in [4.69, 9.17) is 8.92 Å². The predicted octanol–water partition coefficient (Wildman–Crippen LogP) is 5.39. The van der Waals surface area contributed by atoms with E-state index >= 15 is 0 Å². The van der Waals surface area contributed by atoms with Crippen LogP contribution in [0.25, 0.3) is 0 Å². The largest absolute Gasteiger partial charge is 0.367 e. The normalized spacial score (nSPS) is 19.6. The van der Waals surface area contributed by atoms with Gasteiger partial charge in [-0.25, -0.2) is 0 Å². The Hall–Kier alpha value is -0.910. The van der Waals surface area contributed by atoms with Crippen molar-refractivity contribution in [3.8, 4) is 0 Å². The van der Waals surface area contributed by atoms with E-state index in [0.29, 0.717) is 0 Å². The fourth-order valence-electron chi connectivity index (χ4n) is 3.17. The van der Waals surface area contributed by atoms with Gasteiger partial charge in [-0.1, -0.05) is 82.4 Å². The summed E-state index contributed by atoms with van der Waals surface area (Å²) >= 11 is 0. The van der Waals surface area contributed by atoms with Gasteiger partial charge in [-0.3, -0.25) is 4.18 Å². The van der Waals surface area contributed by atoms with Crippen molar-refractivity contribution >= 4 is 10.1 Å². The zero-order chi connectivity index (χ0) is 18.8. The molecule has 2 rings (SSSR count). The van der Waals surface area contributed by atoms with Crippen molar-refractivity contribution in [1.82, 2.24) is 0 Å². The lowest BCUT2D eigenvalue weighted by Gasteiger charge is -2.04. The van der Waals surface area contributed by atoms with Gasteiger partial charge in [0.1, 0.15) is 6.10 Å². The fraction of sp³-hybridized carbons (Fsp3) is 0.714. The average Bonchev–Trinajstić information content (AvgIpc) is 3.37. The summed E-state index contributed by atoms with van der Waals surface area (Å²) in [6, 6.07) is 6.71. The Balaban J connectivity index is 1.51. The molecule has 1 fully saturated rings. The van der Waals surface area contributed by atoms with Crippen molar-refractivity contribution in [2.75, 3.05) is 6.61 Å². The van der Waals surface area contributed by atoms with Crippen molar-refractivity contribution < 1.29 is 17.3 Å². The van der Waals surface area contributed by atoms with Crippen LogP contribution in [0.1, 0.15) is 76.7 Å². The molecule has 1 aliphatic heterocycles. The third-order valence-corrected chi connectivity index (χ3v) is 6.27. The lowest BCUT2D eigenvalue weighted by molar-refractivity contribution is 0.262. The average molecular weight is 383 g/mol. The summed E-state index contributed by atoms with van der Waals surface area (Å²) in [4.78, 5) is 0.208. The number of unbranched alkanes of at least 4 members (excludes halogenated alkanes) is 8. The van der Waals surface area contributed by atoms with E-state index in [-0.39, 0.29) is 23.7 Å². The van der Waals surface area contributed by atoms with Crippen molar-refractivity contribution in [3.05, 3.63) is 29.8 Å². The van der Waals surface area contributed by atoms with Crippen molar-refractivity contribution in [1.29, 1.82) is 0 Å². The minimum Gasteiger partial charge on any atom is -0.367 e. The van der Waals surface area contributed by atoms with E-state index in [9.17, 15) is 8.42 Å². The first kappa shape index (κ1) is 21.4.